The van der Waals surface area contributed by atoms with Gasteiger partial charge in [0.05, 0.1) is 12.9 Å². The number of unbranched alkanes of at least 4 members (excludes halogenated alkanes) is 6. The molecule has 0 heterocycles. The maximum atomic E-state index is 10.8. The number of halogens is 1. The average molecular weight is 311 g/mol. The number of rotatable bonds is 11. The lowest BCUT2D eigenvalue weighted by Gasteiger charge is -2.01. The molecule has 0 aromatic carbocycles. The molecule has 0 rings (SSSR count). The molecule has 16 heavy (non-hydrogen) atoms. The van der Waals surface area contributed by atoms with Gasteiger partial charge in [-0.05, 0) is 18.6 Å². The Balaban J connectivity index is 2.96. The summed E-state index contributed by atoms with van der Waals surface area (Å²) in [6.07, 6.45) is 9.22. The van der Waals surface area contributed by atoms with Gasteiger partial charge in [0.15, 0.2) is 0 Å². The summed E-state index contributed by atoms with van der Waals surface area (Å²) in [6, 6.07) is 0. The molecule has 0 aliphatic rings. The summed E-state index contributed by atoms with van der Waals surface area (Å²) in [5, 5.41) is 1.14. The van der Waals surface area contributed by atoms with E-state index in [1.54, 1.807) is 11.8 Å². The highest BCUT2D eigenvalue weighted by atomic mass is 79.9. The summed E-state index contributed by atoms with van der Waals surface area (Å²) in [5.41, 5.74) is 0. The molecule has 0 aliphatic carbocycles. The standard InChI is InChI=1S/C12H23BrO2S/c1-15-12(14)11-16-10-8-6-4-2-3-5-7-9-13/h2-11H2,1H3. The van der Waals surface area contributed by atoms with Crippen molar-refractivity contribution in [3.05, 3.63) is 0 Å². The minimum absolute atomic E-state index is 0.111. The third-order valence-corrected chi connectivity index (χ3v) is 3.95. The number of hydrogen-bond donors (Lipinski definition) is 0. The van der Waals surface area contributed by atoms with E-state index in [-0.39, 0.29) is 5.97 Å². The van der Waals surface area contributed by atoms with Gasteiger partial charge in [0.2, 0.25) is 0 Å². The van der Waals surface area contributed by atoms with Crippen LogP contribution in [0.4, 0.5) is 0 Å². The van der Waals surface area contributed by atoms with Crippen molar-refractivity contribution in [2.45, 2.75) is 44.9 Å². The maximum absolute atomic E-state index is 10.8. The molecule has 2 nitrogen and oxygen atoms in total. The van der Waals surface area contributed by atoms with E-state index in [4.69, 9.17) is 0 Å². The van der Waals surface area contributed by atoms with Crippen LogP contribution in [0.5, 0.6) is 0 Å². The molecule has 0 atom stereocenters. The zero-order valence-corrected chi connectivity index (χ0v) is 12.6. The zero-order valence-electron chi connectivity index (χ0n) is 10.2. The normalized spacial score (nSPS) is 10.4. The third kappa shape index (κ3) is 12.4. The lowest BCUT2D eigenvalue weighted by Crippen LogP contribution is -2.03. The van der Waals surface area contributed by atoms with Crippen LogP contribution in [0.3, 0.4) is 0 Å². The summed E-state index contributed by atoms with van der Waals surface area (Å²) in [4.78, 5) is 10.8. The molecule has 0 unspecified atom stereocenters. The molecular weight excluding hydrogens is 288 g/mol. The van der Waals surface area contributed by atoms with Gasteiger partial charge in [-0.1, -0.05) is 48.0 Å². The number of hydrogen-bond acceptors (Lipinski definition) is 3. The van der Waals surface area contributed by atoms with Gasteiger partial charge in [-0.25, -0.2) is 0 Å². The maximum Gasteiger partial charge on any atom is 0.315 e. The highest BCUT2D eigenvalue weighted by Crippen LogP contribution is 2.11. The third-order valence-electron chi connectivity index (χ3n) is 2.37. The summed E-state index contributed by atoms with van der Waals surface area (Å²) >= 11 is 5.11. The van der Waals surface area contributed by atoms with Crippen LogP contribution in [0.2, 0.25) is 0 Å². The van der Waals surface area contributed by atoms with E-state index in [1.807, 2.05) is 0 Å². The first-order valence-corrected chi connectivity index (χ1v) is 8.29. The summed E-state index contributed by atoms with van der Waals surface area (Å²) in [7, 11) is 1.44. The topological polar surface area (TPSA) is 26.3 Å². The van der Waals surface area contributed by atoms with Crippen LogP contribution < -0.4 is 0 Å². The van der Waals surface area contributed by atoms with Crippen molar-refractivity contribution >= 4 is 33.7 Å². The molecule has 0 spiro atoms. The first kappa shape index (κ1) is 16.3. The van der Waals surface area contributed by atoms with Gasteiger partial charge >= 0.3 is 5.97 Å². The highest BCUT2D eigenvalue weighted by molar-refractivity contribution is 9.09. The number of carbonyl (C=O) groups is 1. The van der Waals surface area contributed by atoms with Crippen molar-refractivity contribution in [3.63, 3.8) is 0 Å². The Morgan fingerprint density at radius 2 is 1.62 bits per heavy atom. The predicted molar refractivity (Wildman–Crippen MR) is 75.5 cm³/mol. The Morgan fingerprint density at radius 3 is 2.19 bits per heavy atom. The fourth-order valence-electron chi connectivity index (χ4n) is 1.40. The second kappa shape index (κ2) is 13.4. The number of alkyl halides is 1. The van der Waals surface area contributed by atoms with Gasteiger partial charge in [-0.15, -0.1) is 0 Å². The quantitative estimate of drug-likeness (QED) is 0.327. The van der Waals surface area contributed by atoms with Gasteiger partial charge in [0.1, 0.15) is 0 Å². The molecule has 0 N–H and O–H groups in total. The molecule has 0 amide bonds. The molecule has 0 aromatic heterocycles. The molecule has 96 valence electrons. The number of carbonyl (C=O) groups excluding carboxylic acids is 1. The number of methoxy groups -OCH3 is 1. The summed E-state index contributed by atoms with van der Waals surface area (Å²) < 4.78 is 4.57. The summed E-state index contributed by atoms with van der Waals surface area (Å²) in [6.45, 7) is 0. The predicted octanol–water partition coefficient (Wildman–Crippen LogP) is 4.02. The monoisotopic (exact) mass is 310 g/mol. The van der Waals surface area contributed by atoms with Crippen LogP contribution in [-0.4, -0.2) is 29.9 Å². The smallest absolute Gasteiger partial charge is 0.315 e. The Kier molecular flexibility index (Phi) is 13.6. The van der Waals surface area contributed by atoms with Gasteiger partial charge < -0.3 is 4.74 Å². The van der Waals surface area contributed by atoms with Crippen LogP contribution in [-0.2, 0) is 9.53 Å². The molecule has 0 saturated heterocycles. The molecule has 4 heteroatoms. The molecular formula is C12H23BrO2S. The Hall–Kier alpha value is 0.300. The van der Waals surface area contributed by atoms with E-state index in [2.05, 4.69) is 20.7 Å². The van der Waals surface area contributed by atoms with Crippen molar-refractivity contribution in [2.24, 2.45) is 0 Å². The Bertz CT molecular complexity index is 165. The van der Waals surface area contributed by atoms with E-state index in [0.717, 1.165) is 11.1 Å². The fourth-order valence-corrected chi connectivity index (χ4v) is 2.63. The molecule has 0 radical (unpaired) electrons. The van der Waals surface area contributed by atoms with Crippen LogP contribution in [0.1, 0.15) is 44.9 Å². The van der Waals surface area contributed by atoms with Crippen molar-refractivity contribution < 1.29 is 9.53 Å². The van der Waals surface area contributed by atoms with Crippen LogP contribution in [0.25, 0.3) is 0 Å². The molecule has 0 aromatic rings. The molecule has 0 bridgehead atoms. The van der Waals surface area contributed by atoms with Crippen LogP contribution in [0.15, 0.2) is 0 Å². The number of esters is 1. The second-order valence-electron chi connectivity index (χ2n) is 3.79. The first-order chi connectivity index (χ1) is 7.81. The van der Waals surface area contributed by atoms with Crippen molar-refractivity contribution in [2.75, 3.05) is 23.9 Å². The number of ether oxygens (including phenoxy) is 1. The zero-order chi connectivity index (χ0) is 12.1. The lowest BCUT2D eigenvalue weighted by molar-refractivity contribution is -0.137. The minimum atomic E-state index is -0.111. The SMILES string of the molecule is COC(=O)CSCCCCCCCCCBr. The largest absolute Gasteiger partial charge is 0.468 e. The lowest BCUT2D eigenvalue weighted by atomic mass is 10.1. The van der Waals surface area contributed by atoms with Crippen molar-refractivity contribution in [3.8, 4) is 0 Å². The highest BCUT2D eigenvalue weighted by Gasteiger charge is 1.99. The Labute approximate surface area is 112 Å². The van der Waals surface area contributed by atoms with E-state index < -0.39 is 0 Å². The van der Waals surface area contributed by atoms with Gasteiger partial charge in [-0.2, -0.15) is 11.8 Å². The van der Waals surface area contributed by atoms with Crippen LogP contribution in [0, 0.1) is 0 Å². The van der Waals surface area contributed by atoms with Crippen LogP contribution >= 0.6 is 27.7 Å². The molecule has 0 fully saturated rings. The fraction of sp³-hybridized carbons (Fsp3) is 0.917. The molecule has 0 aliphatic heterocycles. The van der Waals surface area contributed by atoms with Gasteiger partial charge in [0.25, 0.3) is 0 Å². The van der Waals surface area contributed by atoms with Crippen molar-refractivity contribution in [1.29, 1.82) is 0 Å². The summed E-state index contributed by atoms with van der Waals surface area (Å²) in [5.74, 6) is 1.47. The second-order valence-corrected chi connectivity index (χ2v) is 5.69. The van der Waals surface area contributed by atoms with Crippen molar-refractivity contribution in [1.82, 2.24) is 0 Å². The van der Waals surface area contributed by atoms with E-state index in [9.17, 15) is 4.79 Å². The minimum Gasteiger partial charge on any atom is -0.468 e. The van der Waals surface area contributed by atoms with E-state index in [1.165, 1.54) is 52.1 Å². The average Bonchev–Trinajstić information content (AvgIpc) is 2.31. The van der Waals surface area contributed by atoms with E-state index in [0.29, 0.717) is 5.75 Å². The first-order valence-electron chi connectivity index (χ1n) is 6.01. The van der Waals surface area contributed by atoms with Gasteiger partial charge in [-0.3, -0.25) is 4.79 Å². The molecule has 0 saturated carbocycles. The van der Waals surface area contributed by atoms with E-state index >= 15 is 0 Å². The van der Waals surface area contributed by atoms with Gasteiger partial charge in [0, 0.05) is 5.33 Å². The Morgan fingerprint density at radius 1 is 1.06 bits per heavy atom. The number of thioether (sulfide) groups is 1.